The zero-order valence-electron chi connectivity index (χ0n) is 9.90. The lowest BCUT2D eigenvalue weighted by atomic mass is 10.2. The van der Waals surface area contributed by atoms with Gasteiger partial charge in [-0.3, -0.25) is 4.99 Å². The van der Waals surface area contributed by atoms with Crippen molar-refractivity contribution in [1.29, 1.82) is 5.26 Å². The van der Waals surface area contributed by atoms with Crippen LogP contribution in [0.25, 0.3) is 0 Å². The van der Waals surface area contributed by atoms with E-state index in [2.05, 4.69) is 24.6 Å². The molecule has 1 rings (SSSR count). The van der Waals surface area contributed by atoms with Crippen LogP contribution in [0.3, 0.4) is 0 Å². The van der Waals surface area contributed by atoms with Gasteiger partial charge in [0.05, 0.1) is 6.07 Å². The van der Waals surface area contributed by atoms with Gasteiger partial charge in [-0.2, -0.15) is 5.26 Å². The van der Waals surface area contributed by atoms with E-state index in [4.69, 9.17) is 9.69 Å². The fourth-order valence-corrected chi connectivity index (χ4v) is 2.01. The number of hydrogen-bond acceptors (Lipinski definition) is 3. The summed E-state index contributed by atoms with van der Waals surface area (Å²) < 4.78 is 5.82. The lowest BCUT2D eigenvalue weighted by Gasteiger charge is -2.18. The smallest absolute Gasteiger partial charge is 0.242 e. The number of hydrogen-bond donors (Lipinski definition) is 0. The van der Waals surface area contributed by atoms with Gasteiger partial charge in [-0.05, 0) is 49.5 Å². The second-order valence-corrected chi connectivity index (χ2v) is 8.84. The van der Waals surface area contributed by atoms with Crippen LogP contribution in [0.1, 0.15) is 5.56 Å². The fraction of sp³-hybridized carbons (Fsp3) is 0.333. The van der Waals surface area contributed by atoms with Gasteiger partial charge < -0.3 is 4.43 Å². The molecule has 0 aliphatic carbocycles. The summed E-state index contributed by atoms with van der Waals surface area (Å²) in [7, 11) is -1.52. The monoisotopic (exact) mass is 232 g/mol. The largest absolute Gasteiger partial charge is 0.544 e. The number of benzene rings is 1. The Morgan fingerprint density at radius 1 is 1.31 bits per heavy atom. The predicted octanol–water partition coefficient (Wildman–Crippen LogP) is 2.84. The minimum absolute atomic E-state index is 0.202. The highest BCUT2D eigenvalue weighted by Crippen LogP contribution is 2.16. The summed E-state index contributed by atoms with van der Waals surface area (Å²) in [5.41, 5.74) is 0.984. The molecule has 0 atom stereocenters. The standard InChI is InChI=1S/C12H16N2OSi/c1-16(2,3)15-12-6-4-11(5-7-12)10-14-9-8-13/h4-7,10H,9H2,1-3H3. The third-order valence-electron chi connectivity index (χ3n) is 1.71. The van der Waals surface area contributed by atoms with Gasteiger partial charge in [0.25, 0.3) is 0 Å². The lowest BCUT2D eigenvalue weighted by Crippen LogP contribution is -2.29. The lowest BCUT2D eigenvalue weighted by molar-refractivity contribution is 0.558. The van der Waals surface area contributed by atoms with Crippen molar-refractivity contribution in [2.45, 2.75) is 19.6 Å². The van der Waals surface area contributed by atoms with Crippen LogP contribution in [0.4, 0.5) is 0 Å². The average Bonchev–Trinajstić information content (AvgIpc) is 2.19. The molecule has 0 heterocycles. The SMILES string of the molecule is C[Si](C)(C)Oc1ccc(C=NCC#N)cc1. The van der Waals surface area contributed by atoms with Crippen LogP contribution in [0, 0.1) is 11.3 Å². The average molecular weight is 232 g/mol. The normalized spacial score (nSPS) is 11.4. The van der Waals surface area contributed by atoms with Crippen molar-refractivity contribution in [3.8, 4) is 11.8 Å². The molecule has 16 heavy (non-hydrogen) atoms. The van der Waals surface area contributed by atoms with Crippen LogP contribution in [-0.2, 0) is 0 Å². The molecule has 0 saturated carbocycles. The Morgan fingerprint density at radius 2 is 1.94 bits per heavy atom. The Morgan fingerprint density at radius 3 is 2.44 bits per heavy atom. The van der Waals surface area contributed by atoms with Crippen molar-refractivity contribution in [2.75, 3.05) is 6.54 Å². The van der Waals surface area contributed by atoms with E-state index in [1.165, 1.54) is 0 Å². The molecular weight excluding hydrogens is 216 g/mol. The second-order valence-electron chi connectivity index (χ2n) is 4.41. The topological polar surface area (TPSA) is 45.4 Å². The minimum Gasteiger partial charge on any atom is -0.544 e. The first-order valence-corrected chi connectivity index (χ1v) is 8.58. The van der Waals surface area contributed by atoms with Gasteiger partial charge in [-0.1, -0.05) is 0 Å². The molecule has 0 amide bonds. The summed E-state index contributed by atoms with van der Waals surface area (Å²) in [6.45, 7) is 6.65. The van der Waals surface area contributed by atoms with E-state index < -0.39 is 8.32 Å². The van der Waals surface area contributed by atoms with Crippen molar-refractivity contribution in [3.05, 3.63) is 29.8 Å². The Balaban J connectivity index is 2.65. The summed E-state index contributed by atoms with van der Waals surface area (Å²) >= 11 is 0. The van der Waals surface area contributed by atoms with Crippen LogP contribution in [0.5, 0.6) is 5.75 Å². The third kappa shape index (κ3) is 4.76. The van der Waals surface area contributed by atoms with Gasteiger partial charge in [0.2, 0.25) is 8.32 Å². The molecule has 0 saturated heterocycles. The van der Waals surface area contributed by atoms with Gasteiger partial charge >= 0.3 is 0 Å². The molecule has 0 spiro atoms. The van der Waals surface area contributed by atoms with Crippen molar-refractivity contribution in [1.82, 2.24) is 0 Å². The maximum atomic E-state index is 8.34. The Kier molecular flexibility index (Phi) is 4.26. The predicted molar refractivity (Wildman–Crippen MR) is 68.5 cm³/mol. The first-order chi connectivity index (χ1) is 7.51. The summed E-state index contributed by atoms with van der Waals surface area (Å²) in [5, 5.41) is 8.34. The highest BCUT2D eigenvalue weighted by Gasteiger charge is 2.15. The number of aliphatic imine (C=N–C) groups is 1. The summed E-state index contributed by atoms with van der Waals surface area (Å²) in [5.74, 6) is 0.900. The zero-order chi connectivity index (χ0) is 12.0. The maximum absolute atomic E-state index is 8.34. The van der Waals surface area contributed by atoms with Crippen LogP contribution < -0.4 is 4.43 Å². The quantitative estimate of drug-likeness (QED) is 0.455. The molecule has 0 fully saturated rings. The van der Waals surface area contributed by atoms with Gasteiger partial charge in [0, 0.05) is 6.21 Å². The summed E-state index contributed by atoms with van der Waals surface area (Å²) in [6.07, 6.45) is 1.70. The second kappa shape index (κ2) is 5.47. The molecule has 0 N–H and O–H groups in total. The fourth-order valence-electron chi connectivity index (χ4n) is 1.17. The highest BCUT2D eigenvalue weighted by molar-refractivity contribution is 6.70. The van der Waals surface area contributed by atoms with E-state index in [0.29, 0.717) is 0 Å². The van der Waals surface area contributed by atoms with E-state index in [9.17, 15) is 0 Å². The molecule has 0 radical (unpaired) electrons. The van der Waals surface area contributed by atoms with E-state index in [1.54, 1.807) is 6.21 Å². The Hall–Kier alpha value is -1.60. The molecule has 1 aromatic carbocycles. The van der Waals surface area contributed by atoms with E-state index in [-0.39, 0.29) is 6.54 Å². The maximum Gasteiger partial charge on any atom is 0.242 e. The third-order valence-corrected chi connectivity index (χ3v) is 2.55. The van der Waals surface area contributed by atoms with Crippen molar-refractivity contribution >= 4 is 14.5 Å². The zero-order valence-corrected chi connectivity index (χ0v) is 10.9. The Labute approximate surface area is 97.5 Å². The van der Waals surface area contributed by atoms with Gasteiger partial charge in [-0.15, -0.1) is 0 Å². The molecule has 0 unspecified atom stereocenters. The minimum atomic E-state index is -1.52. The van der Waals surface area contributed by atoms with Gasteiger partial charge in [-0.25, -0.2) is 0 Å². The van der Waals surface area contributed by atoms with E-state index >= 15 is 0 Å². The molecule has 4 heteroatoms. The molecule has 84 valence electrons. The molecule has 0 aliphatic rings. The van der Waals surface area contributed by atoms with Crippen LogP contribution in [0.15, 0.2) is 29.3 Å². The Bertz CT molecular complexity index is 399. The van der Waals surface area contributed by atoms with Crippen LogP contribution >= 0.6 is 0 Å². The van der Waals surface area contributed by atoms with Gasteiger partial charge in [0.15, 0.2) is 0 Å². The van der Waals surface area contributed by atoms with E-state index in [1.807, 2.05) is 30.3 Å². The molecular formula is C12H16N2OSi. The van der Waals surface area contributed by atoms with Crippen molar-refractivity contribution < 1.29 is 4.43 Å². The summed E-state index contributed by atoms with van der Waals surface area (Å²) in [6, 6.07) is 9.72. The summed E-state index contributed by atoms with van der Waals surface area (Å²) in [4.78, 5) is 3.95. The molecule has 3 nitrogen and oxygen atoms in total. The van der Waals surface area contributed by atoms with Crippen LogP contribution in [0.2, 0.25) is 19.6 Å². The van der Waals surface area contributed by atoms with Crippen LogP contribution in [-0.4, -0.2) is 21.1 Å². The highest BCUT2D eigenvalue weighted by atomic mass is 28.4. The first-order valence-electron chi connectivity index (χ1n) is 5.17. The number of nitriles is 1. The molecule has 0 aliphatic heterocycles. The van der Waals surface area contributed by atoms with E-state index in [0.717, 1.165) is 11.3 Å². The molecule has 0 bridgehead atoms. The van der Waals surface area contributed by atoms with Crippen molar-refractivity contribution in [2.24, 2.45) is 4.99 Å². The first kappa shape index (κ1) is 12.5. The van der Waals surface area contributed by atoms with Crippen molar-refractivity contribution in [3.63, 3.8) is 0 Å². The van der Waals surface area contributed by atoms with Gasteiger partial charge in [0.1, 0.15) is 12.3 Å². The molecule has 0 aromatic heterocycles. The molecule has 1 aromatic rings. The number of nitrogens with zero attached hydrogens (tertiary/aromatic N) is 2. The number of rotatable bonds is 4.